The van der Waals surface area contributed by atoms with Gasteiger partial charge in [-0.1, -0.05) is 20.8 Å². The van der Waals surface area contributed by atoms with E-state index in [-0.39, 0.29) is 11.9 Å². The van der Waals surface area contributed by atoms with Crippen molar-refractivity contribution in [2.24, 2.45) is 10.4 Å². The Labute approximate surface area is 154 Å². The van der Waals surface area contributed by atoms with E-state index in [4.69, 9.17) is 4.99 Å². The molecule has 1 aliphatic heterocycles. The summed E-state index contributed by atoms with van der Waals surface area (Å²) in [5.74, 6) is 1.13. The second-order valence-corrected chi connectivity index (χ2v) is 8.39. The number of rotatable bonds is 7. The van der Waals surface area contributed by atoms with Crippen LogP contribution in [0, 0.1) is 5.41 Å². The summed E-state index contributed by atoms with van der Waals surface area (Å²) in [5, 5.41) is 6.37. The quantitative estimate of drug-likeness (QED) is 0.417. The average Bonchev–Trinajstić information content (AvgIpc) is 2.49. The van der Waals surface area contributed by atoms with Gasteiger partial charge in [-0.2, -0.15) is 0 Å². The Morgan fingerprint density at radius 2 is 1.80 bits per heavy atom. The molecule has 1 amide bonds. The van der Waals surface area contributed by atoms with Crippen LogP contribution in [0.4, 0.5) is 0 Å². The molecule has 0 spiro atoms. The molecule has 6 nitrogen and oxygen atoms in total. The Hall–Kier alpha value is -1.30. The molecule has 0 aromatic heterocycles. The van der Waals surface area contributed by atoms with Crippen LogP contribution in [0.15, 0.2) is 4.99 Å². The number of hydrogen-bond acceptors (Lipinski definition) is 3. The Balaban J connectivity index is 2.43. The number of piperazine rings is 1. The van der Waals surface area contributed by atoms with Crippen molar-refractivity contribution in [2.45, 2.75) is 60.4 Å². The molecular formula is C19H39N5O. The summed E-state index contributed by atoms with van der Waals surface area (Å²) in [5.41, 5.74) is 0.371. The van der Waals surface area contributed by atoms with E-state index in [1.54, 1.807) is 0 Å². The third kappa shape index (κ3) is 9.68. The molecule has 1 aliphatic rings. The minimum Gasteiger partial charge on any atom is -0.357 e. The summed E-state index contributed by atoms with van der Waals surface area (Å²) < 4.78 is 0. The van der Waals surface area contributed by atoms with Gasteiger partial charge < -0.3 is 15.5 Å². The number of nitrogens with one attached hydrogen (secondary N) is 2. The maximum Gasteiger partial charge on any atom is 0.234 e. The van der Waals surface area contributed by atoms with Gasteiger partial charge in [0.25, 0.3) is 0 Å². The minimum atomic E-state index is 0.117. The van der Waals surface area contributed by atoms with Gasteiger partial charge in [-0.05, 0) is 39.0 Å². The van der Waals surface area contributed by atoms with Gasteiger partial charge in [0.2, 0.25) is 5.91 Å². The molecule has 0 saturated carbocycles. The second kappa shape index (κ2) is 10.6. The van der Waals surface area contributed by atoms with Crippen molar-refractivity contribution in [3.8, 4) is 0 Å². The highest BCUT2D eigenvalue weighted by Gasteiger charge is 2.21. The summed E-state index contributed by atoms with van der Waals surface area (Å²) >= 11 is 0. The van der Waals surface area contributed by atoms with Crippen LogP contribution in [-0.4, -0.2) is 73.5 Å². The average molecular weight is 354 g/mol. The molecule has 0 unspecified atom stereocenters. The van der Waals surface area contributed by atoms with Gasteiger partial charge >= 0.3 is 0 Å². The molecule has 0 radical (unpaired) electrons. The van der Waals surface area contributed by atoms with E-state index >= 15 is 0 Å². The fourth-order valence-corrected chi connectivity index (χ4v) is 2.91. The zero-order chi connectivity index (χ0) is 18.9. The van der Waals surface area contributed by atoms with Crippen LogP contribution in [0.3, 0.4) is 0 Å². The van der Waals surface area contributed by atoms with Crippen molar-refractivity contribution in [1.82, 2.24) is 20.4 Å². The predicted molar refractivity (Wildman–Crippen MR) is 106 cm³/mol. The number of carbonyl (C=O) groups is 1. The molecule has 146 valence electrons. The zero-order valence-corrected chi connectivity index (χ0v) is 17.2. The molecule has 1 heterocycles. The molecule has 1 saturated heterocycles. The summed E-state index contributed by atoms with van der Waals surface area (Å²) in [6.07, 6.45) is 2.31. The third-order valence-electron chi connectivity index (χ3n) is 4.17. The molecule has 25 heavy (non-hydrogen) atoms. The number of hydrogen-bond donors (Lipinski definition) is 2. The van der Waals surface area contributed by atoms with E-state index < -0.39 is 0 Å². The lowest BCUT2D eigenvalue weighted by atomic mass is 9.91. The van der Waals surface area contributed by atoms with Gasteiger partial charge in [0.15, 0.2) is 5.96 Å². The normalized spacial score (nSPS) is 17.1. The largest absolute Gasteiger partial charge is 0.357 e. The molecule has 0 atom stereocenters. The molecule has 1 fully saturated rings. The highest BCUT2D eigenvalue weighted by Crippen LogP contribution is 2.20. The number of nitrogens with zero attached hydrogens (tertiary/aromatic N) is 3. The topological polar surface area (TPSA) is 60.0 Å². The SMILES string of the molecule is CCNC(=NCCCC(C)(C)C)N1CCN(CC(=O)NC(C)C)CC1. The van der Waals surface area contributed by atoms with E-state index in [2.05, 4.69) is 48.1 Å². The summed E-state index contributed by atoms with van der Waals surface area (Å²) in [6.45, 7) is 18.8. The molecule has 0 aliphatic carbocycles. The Morgan fingerprint density at radius 3 is 2.32 bits per heavy atom. The fraction of sp³-hybridized carbons (Fsp3) is 0.895. The van der Waals surface area contributed by atoms with Crippen LogP contribution in [-0.2, 0) is 4.79 Å². The highest BCUT2D eigenvalue weighted by molar-refractivity contribution is 5.80. The van der Waals surface area contributed by atoms with Gasteiger partial charge in [0.05, 0.1) is 6.54 Å². The number of guanidine groups is 1. The molecule has 0 aromatic carbocycles. The van der Waals surface area contributed by atoms with Gasteiger partial charge in [-0.3, -0.25) is 14.7 Å². The zero-order valence-electron chi connectivity index (χ0n) is 17.2. The van der Waals surface area contributed by atoms with Crippen molar-refractivity contribution >= 4 is 11.9 Å². The summed E-state index contributed by atoms with van der Waals surface area (Å²) in [4.78, 5) is 21.2. The monoisotopic (exact) mass is 353 g/mol. The van der Waals surface area contributed by atoms with Crippen LogP contribution in [0.2, 0.25) is 0 Å². The van der Waals surface area contributed by atoms with Gasteiger partial charge in [-0.25, -0.2) is 0 Å². The predicted octanol–water partition coefficient (Wildman–Crippen LogP) is 1.92. The van der Waals surface area contributed by atoms with E-state index in [1.807, 2.05) is 13.8 Å². The van der Waals surface area contributed by atoms with Crippen LogP contribution < -0.4 is 10.6 Å². The smallest absolute Gasteiger partial charge is 0.234 e. The molecule has 0 bridgehead atoms. The molecule has 1 rings (SSSR count). The Kier molecular flexibility index (Phi) is 9.25. The van der Waals surface area contributed by atoms with Crippen LogP contribution in [0.5, 0.6) is 0 Å². The first kappa shape index (κ1) is 21.7. The fourth-order valence-electron chi connectivity index (χ4n) is 2.91. The highest BCUT2D eigenvalue weighted by atomic mass is 16.2. The standard InChI is InChI=1S/C19H39N5O/c1-7-20-18(21-10-8-9-19(4,5)6)24-13-11-23(12-14-24)15-17(25)22-16(2)3/h16H,7-15H2,1-6H3,(H,20,21)(H,22,25). The maximum atomic E-state index is 11.9. The van der Waals surface area contributed by atoms with Crippen molar-refractivity contribution in [2.75, 3.05) is 45.8 Å². The van der Waals surface area contributed by atoms with Crippen LogP contribution in [0.25, 0.3) is 0 Å². The lowest BCUT2D eigenvalue weighted by Crippen LogP contribution is -2.54. The first-order chi connectivity index (χ1) is 11.7. The van der Waals surface area contributed by atoms with Gasteiger partial charge in [0.1, 0.15) is 0 Å². The van der Waals surface area contributed by atoms with E-state index in [0.29, 0.717) is 12.0 Å². The lowest BCUT2D eigenvalue weighted by Gasteiger charge is -2.36. The first-order valence-corrected chi connectivity index (χ1v) is 9.76. The molecular weight excluding hydrogens is 314 g/mol. The van der Waals surface area contributed by atoms with Gasteiger partial charge in [0, 0.05) is 45.3 Å². The minimum absolute atomic E-state index is 0.117. The number of carbonyl (C=O) groups excluding carboxylic acids is 1. The van der Waals surface area contributed by atoms with Gasteiger partial charge in [-0.15, -0.1) is 0 Å². The van der Waals surface area contributed by atoms with Crippen molar-refractivity contribution < 1.29 is 4.79 Å². The van der Waals surface area contributed by atoms with Crippen molar-refractivity contribution in [1.29, 1.82) is 0 Å². The third-order valence-corrected chi connectivity index (χ3v) is 4.17. The van der Waals surface area contributed by atoms with Crippen LogP contribution in [0.1, 0.15) is 54.4 Å². The molecule has 2 N–H and O–H groups in total. The molecule has 0 aromatic rings. The van der Waals surface area contributed by atoms with Crippen molar-refractivity contribution in [3.63, 3.8) is 0 Å². The summed E-state index contributed by atoms with van der Waals surface area (Å²) in [6, 6.07) is 0.203. The van der Waals surface area contributed by atoms with E-state index in [1.165, 1.54) is 6.42 Å². The Bertz CT molecular complexity index is 420. The summed E-state index contributed by atoms with van der Waals surface area (Å²) in [7, 11) is 0. The van der Waals surface area contributed by atoms with E-state index in [0.717, 1.165) is 51.6 Å². The Morgan fingerprint density at radius 1 is 1.16 bits per heavy atom. The first-order valence-electron chi connectivity index (χ1n) is 9.76. The van der Waals surface area contributed by atoms with Crippen molar-refractivity contribution in [3.05, 3.63) is 0 Å². The maximum absolute atomic E-state index is 11.9. The van der Waals surface area contributed by atoms with E-state index in [9.17, 15) is 4.79 Å². The molecule has 6 heteroatoms. The second-order valence-electron chi connectivity index (χ2n) is 8.39. The number of amides is 1. The lowest BCUT2D eigenvalue weighted by molar-refractivity contribution is -0.123. The number of aliphatic imine (C=N–C) groups is 1. The van der Waals surface area contributed by atoms with Crippen LogP contribution >= 0.6 is 0 Å².